The molecule has 0 spiro atoms. The summed E-state index contributed by atoms with van der Waals surface area (Å²) < 4.78 is 23.3. The van der Waals surface area contributed by atoms with Crippen LogP contribution < -0.4 is 5.32 Å². The van der Waals surface area contributed by atoms with Crippen molar-refractivity contribution >= 4 is 11.9 Å². The quantitative estimate of drug-likeness (QED) is 0.783. The maximum Gasteiger partial charge on any atom is 0.328 e. The van der Waals surface area contributed by atoms with E-state index in [1.54, 1.807) is 36.4 Å². The molecule has 0 bridgehead atoms. The first-order chi connectivity index (χ1) is 12.0. The van der Waals surface area contributed by atoms with E-state index in [2.05, 4.69) is 5.32 Å². The smallest absolute Gasteiger partial charge is 0.328 e. The van der Waals surface area contributed by atoms with Crippen molar-refractivity contribution in [1.29, 1.82) is 0 Å². The van der Waals surface area contributed by atoms with Gasteiger partial charge in [-0.25, -0.2) is 9.18 Å². The van der Waals surface area contributed by atoms with Gasteiger partial charge in [0.1, 0.15) is 11.9 Å². The molecule has 2 aromatic rings. The Balaban J connectivity index is 2.15. The van der Waals surface area contributed by atoms with Crippen LogP contribution in [0.1, 0.15) is 17.2 Å². The van der Waals surface area contributed by atoms with Crippen LogP contribution in [0.4, 0.5) is 4.39 Å². The van der Waals surface area contributed by atoms with Gasteiger partial charge in [0.25, 0.3) is 5.91 Å². The number of ether oxygens (including phenoxy) is 2. The predicted octanol–water partition coefficient (Wildman–Crippen LogP) is 2.41. The van der Waals surface area contributed by atoms with Crippen molar-refractivity contribution in [3.05, 3.63) is 71.5 Å². The molecule has 1 amide bonds. The fourth-order valence-electron chi connectivity index (χ4n) is 2.50. The minimum Gasteiger partial charge on any atom is -0.467 e. The van der Waals surface area contributed by atoms with Crippen molar-refractivity contribution in [2.75, 3.05) is 14.2 Å². The van der Waals surface area contributed by atoms with Crippen LogP contribution in [0.2, 0.25) is 0 Å². The number of carbonyl (C=O) groups excluding carboxylic acids is 2. The van der Waals surface area contributed by atoms with Gasteiger partial charge in [-0.3, -0.25) is 4.79 Å². The number of hydrogen-bond donors (Lipinski definition) is 1. The molecule has 0 aliphatic heterocycles. The summed E-state index contributed by atoms with van der Waals surface area (Å²) in [4.78, 5) is 24.6. The van der Waals surface area contributed by atoms with E-state index < -0.39 is 29.8 Å². The van der Waals surface area contributed by atoms with E-state index in [1.807, 2.05) is 6.07 Å². The number of carbonyl (C=O) groups is 2. The van der Waals surface area contributed by atoms with Gasteiger partial charge in [0, 0.05) is 13.5 Å². The highest BCUT2D eigenvalue weighted by Gasteiger charge is 2.27. The maximum absolute atomic E-state index is 13.3. The number of esters is 1. The van der Waals surface area contributed by atoms with E-state index in [-0.39, 0.29) is 6.42 Å². The normalized spacial score (nSPS) is 12.9. The third kappa shape index (κ3) is 5.12. The van der Waals surface area contributed by atoms with E-state index in [1.165, 1.54) is 26.4 Å². The molecule has 6 heteroatoms. The molecular formula is C19H20FNO4. The third-order valence-electron chi connectivity index (χ3n) is 3.71. The molecule has 2 atom stereocenters. The molecule has 2 aromatic carbocycles. The average molecular weight is 345 g/mol. The lowest BCUT2D eigenvalue weighted by atomic mass is 10.0. The van der Waals surface area contributed by atoms with E-state index in [0.29, 0.717) is 11.1 Å². The van der Waals surface area contributed by atoms with Crippen molar-refractivity contribution in [2.45, 2.75) is 18.6 Å². The SMILES string of the molecule is COC(=O)[C@H](Cc1cccc(F)c1)NC(=O)[C@H](OC)c1ccccc1. The molecule has 0 aromatic heterocycles. The Hall–Kier alpha value is -2.73. The van der Waals surface area contributed by atoms with Crippen LogP contribution in [0.15, 0.2) is 54.6 Å². The molecule has 0 radical (unpaired) electrons. The van der Waals surface area contributed by atoms with Crippen LogP contribution in [0.3, 0.4) is 0 Å². The van der Waals surface area contributed by atoms with Gasteiger partial charge in [0.2, 0.25) is 0 Å². The fraction of sp³-hybridized carbons (Fsp3) is 0.263. The van der Waals surface area contributed by atoms with Gasteiger partial charge in [-0.15, -0.1) is 0 Å². The van der Waals surface area contributed by atoms with Crippen molar-refractivity contribution < 1.29 is 23.5 Å². The van der Waals surface area contributed by atoms with Gasteiger partial charge in [0.05, 0.1) is 7.11 Å². The zero-order valence-corrected chi connectivity index (χ0v) is 14.1. The maximum atomic E-state index is 13.3. The predicted molar refractivity (Wildman–Crippen MR) is 90.2 cm³/mol. The van der Waals surface area contributed by atoms with Crippen LogP contribution in [0.5, 0.6) is 0 Å². The van der Waals surface area contributed by atoms with E-state index in [4.69, 9.17) is 9.47 Å². The Bertz CT molecular complexity index is 720. The topological polar surface area (TPSA) is 64.6 Å². The Kier molecular flexibility index (Phi) is 6.65. The molecule has 0 saturated carbocycles. The molecule has 0 saturated heterocycles. The molecule has 1 N–H and O–H groups in total. The summed E-state index contributed by atoms with van der Waals surface area (Å²) in [6, 6.07) is 13.8. The lowest BCUT2D eigenvalue weighted by Crippen LogP contribution is -2.45. The van der Waals surface area contributed by atoms with Crippen LogP contribution in [-0.2, 0) is 25.5 Å². The first kappa shape index (κ1) is 18.6. The summed E-state index contributed by atoms with van der Waals surface area (Å²) >= 11 is 0. The van der Waals surface area contributed by atoms with Gasteiger partial charge in [-0.2, -0.15) is 0 Å². The Morgan fingerprint density at radius 1 is 1.08 bits per heavy atom. The second kappa shape index (κ2) is 8.94. The highest BCUT2D eigenvalue weighted by atomic mass is 19.1. The number of nitrogens with one attached hydrogen (secondary N) is 1. The number of amides is 1. The number of halogens is 1. The fourth-order valence-corrected chi connectivity index (χ4v) is 2.50. The van der Waals surface area contributed by atoms with Gasteiger partial charge in [-0.1, -0.05) is 42.5 Å². The summed E-state index contributed by atoms with van der Waals surface area (Å²) in [5.41, 5.74) is 1.24. The second-order valence-electron chi connectivity index (χ2n) is 5.44. The molecule has 2 rings (SSSR count). The molecule has 0 fully saturated rings. The second-order valence-corrected chi connectivity index (χ2v) is 5.44. The van der Waals surface area contributed by atoms with Gasteiger partial charge in [-0.05, 0) is 23.3 Å². The Labute approximate surface area is 145 Å². The molecule has 0 unspecified atom stereocenters. The Morgan fingerprint density at radius 3 is 2.40 bits per heavy atom. The summed E-state index contributed by atoms with van der Waals surface area (Å²) in [5.74, 6) is -1.49. The Morgan fingerprint density at radius 2 is 1.80 bits per heavy atom. The van der Waals surface area contributed by atoms with Gasteiger partial charge >= 0.3 is 5.97 Å². The zero-order valence-electron chi connectivity index (χ0n) is 14.1. The molecule has 25 heavy (non-hydrogen) atoms. The highest BCUT2D eigenvalue weighted by Crippen LogP contribution is 2.17. The summed E-state index contributed by atoms with van der Waals surface area (Å²) in [6.45, 7) is 0. The largest absolute Gasteiger partial charge is 0.467 e. The van der Waals surface area contributed by atoms with Crippen LogP contribution >= 0.6 is 0 Å². The number of hydrogen-bond acceptors (Lipinski definition) is 4. The minimum absolute atomic E-state index is 0.112. The molecule has 0 aliphatic carbocycles. The lowest BCUT2D eigenvalue weighted by molar-refractivity contribution is -0.146. The highest BCUT2D eigenvalue weighted by molar-refractivity contribution is 5.87. The molecule has 0 aliphatic rings. The van der Waals surface area contributed by atoms with Crippen LogP contribution in [0.25, 0.3) is 0 Å². The number of methoxy groups -OCH3 is 2. The summed E-state index contributed by atoms with van der Waals surface area (Å²) in [5, 5.41) is 2.62. The summed E-state index contributed by atoms with van der Waals surface area (Å²) in [7, 11) is 2.65. The standard InChI is InChI=1S/C19H20FNO4/c1-24-17(14-8-4-3-5-9-14)18(22)21-16(19(23)25-2)12-13-7-6-10-15(20)11-13/h3-11,16-17H,12H2,1-2H3,(H,21,22)/t16-,17+/m0/s1. The molecule has 132 valence electrons. The van der Waals surface area contributed by atoms with Crippen LogP contribution in [0, 0.1) is 5.82 Å². The molecular weight excluding hydrogens is 325 g/mol. The number of rotatable bonds is 7. The van der Waals surface area contributed by atoms with Gasteiger partial charge in [0.15, 0.2) is 6.10 Å². The zero-order chi connectivity index (χ0) is 18.2. The summed E-state index contributed by atoms with van der Waals surface area (Å²) in [6.07, 6.45) is -0.748. The lowest BCUT2D eigenvalue weighted by Gasteiger charge is -2.21. The van der Waals surface area contributed by atoms with E-state index in [0.717, 1.165) is 0 Å². The first-order valence-corrected chi connectivity index (χ1v) is 7.75. The molecule has 0 heterocycles. The van der Waals surface area contributed by atoms with Crippen molar-refractivity contribution in [3.8, 4) is 0 Å². The van der Waals surface area contributed by atoms with Crippen molar-refractivity contribution in [1.82, 2.24) is 5.32 Å². The average Bonchev–Trinajstić information content (AvgIpc) is 2.62. The van der Waals surface area contributed by atoms with Crippen molar-refractivity contribution in [2.24, 2.45) is 0 Å². The van der Waals surface area contributed by atoms with Crippen molar-refractivity contribution in [3.63, 3.8) is 0 Å². The van der Waals surface area contributed by atoms with E-state index >= 15 is 0 Å². The van der Waals surface area contributed by atoms with Gasteiger partial charge < -0.3 is 14.8 Å². The third-order valence-corrected chi connectivity index (χ3v) is 3.71. The molecule has 5 nitrogen and oxygen atoms in total. The first-order valence-electron chi connectivity index (χ1n) is 7.75. The van der Waals surface area contributed by atoms with E-state index in [9.17, 15) is 14.0 Å². The van der Waals surface area contributed by atoms with Crippen LogP contribution in [-0.4, -0.2) is 32.1 Å². The number of benzene rings is 2. The minimum atomic E-state index is -0.944. The monoisotopic (exact) mass is 345 g/mol.